The lowest BCUT2D eigenvalue weighted by molar-refractivity contribution is 1.31. The Morgan fingerprint density at radius 3 is 2.67 bits per heavy atom. The summed E-state index contributed by atoms with van der Waals surface area (Å²) in [5, 5.41) is 3.42. The molecule has 0 saturated carbocycles. The van der Waals surface area contributed by atoms with Gasteiger partial charge in [-0.15, -0.1) is 0 Å². The van der Waals surface area contributed by atoms with Crippen molar-refractivity contribution in [2.24, 2.45) is 0 Å². The molecule has 2 aromatic carbocycles. The molecule has 0 fully saturated rings. The first-order valence-electron chi connectivity index (χ1n) is 4.83. The van der Waals surface area contributed by atoms with Crippen molar-refractivity contribution in [1.82, 2.24) is 0 Å². The Labute approximate surface area is 93.5 Å². The minimum absolute atomic E-state index is 1.04. The molecule has 0 unspecified atom stereocenters. The van der Waals surface area contributed by atoms with Crippen LogP contribution in [0, 0.1) is 6.92 Å². The SMILES string of the molecule is [CH2]c1ccc2c(c1)Nc1ccccc1S2. The summed E-state index contributed by atoms with van der Waals surface area (Å²) >= 11 is 1.80. The van der Waals surface area contributed by atoms with Crippen molar-refractivity contribution < 1.29 is 0 Å². The van der Waals surface area contributed by atoms with Gasteiger partial charge in [-0.3, -0.25) is 0 Å². The van der Waals surface area contributed by atoms with E-state index in [0.717, 1.165) is 11.3 Å². The van der Waals surface area contributed by atoms with Crippen molar-refractivity contribution in [2.75, 3.05) is 5.32 Å². The Bertz CT molecular complexity index is 520. The van der Waals surface area contributed by atoms with Crippen LogP contribution in [0.4, 0.5) is 11.4 Å². The Morgan fingerprint density at radius 2 is 1.73 bits per heavy atom. The Balaban J connectivity index is 2.11. The standard InChI is InChI=1S/C13H10NS/c1-9-6-7-13-11(8-9)14-10-4-2-3-5-12(10)15-13/h2-8,14H,1H2. The third kappa shape index (κ3) is 1.51. The minimum atomic E-state index is 1.04. The molecule has 1 aliphatic heterocycles. The van der Waals surface area contributed by atoms with E-state index in [1.165, 1.54) is 15.5 Å². The van der Waals surface area contributed by atoms with Gasteiger partial charge in [0.15, 0.2) is 0 Å². The lowest BCUT2D eigenvalue weighted by Gasteiger charge is -2.20. The number of hydrogen-bond acceptors (Lipinski definition) is 2. The molecule has 0 aliphatic carbocycles. The molecule has 0 bridgehead atoms. The van der Waals surface area contributed by atoms with Crippen molar-refractivity contribution in [3.05, 3.63) is 55.0 Å². The molecule has 0 saturated heterocycles. The van der Waals surface area contributed by atoms with Gasteiger partial charge < -0.3 is 5.32 Å². The molecule has 15 heavy (non-hydrogen) atoms. The maximum Gasteiger partial charge on any atom is 0.0529 e. The van der Waals surface area contributed by atoms with E-state index in [1.807, 2.05) is 12.1 Å². The van der Waals surface area contributed by atoms with E-state index in [2.05, 4.69) is 42.6 Å². The molecule has 1 aliphatic rings. The zero-order chi connectivity index (χ0) is 10.3. The highest BCUT2D eigenvalue weighted by Gasteiger charge is 2.14. The smallest absolute Gasteiger partial charge is 0.0529 e. The quantitative estimate of drug-likeness (QED) is 0.602. The van der Waals surface area contributed by atoms with Gasteiger partial charge in [-0.25, -0.2) is 0 Å². The molecule has 73 valence electrons. The summed E-state index contributed by atoms with van der Waals surface area (Å²) in [7, 11) is 0. The Hall–Kier alpha value is -1.41. The first kappa shape index (κ1) is 8.86. The van der Waals surface area contributed by atoms with E-state index in [-0.39, 0.29) is 0 Å². The molecule has 2 aromatic rings. The van der Waals surface area contributed by atoms with Gasteiger partial charge in [0.1, 0.15) is 0 Å². The van der Waals surface area contributed by atoms with Crippen LogP contribution in [-0.4, -0.2) is 0 Å². The fourth-order valence-corrected chi connectivity index (χ4v) is 2.65. The van der Waals surface area contributed by atoms with Crippen LogP contribution in [0.2, 0.25) is 0 Å². The molecule has 2 heteroatoms. The van der Waals surface area contributed by atoms with E-state index in [1.54, 1.807) is 11.8 Å². The number of hydrogen-bond donors (Lipinski definition) is 1. The van der Waals surface area contributed by atoms with E-state index in [0.29, 0.717) is 0 Å². The van der Waals surface area contributed by atoms with Crippen LogP contribution >= 0.6 is 11.8 Å². The van der Waals surface area contributed by atoms with Crippen LogP contribution in [0.15, 0.2) is 52.3 Å². The van der Waals surface area contributed by atoms with E-state index in [4.69, 9.17) is 0 Å². The summed E-state index contributed by atoms with van der Waals surface area (Å²) in [5.41, 5.74) is 3.38. The van der Waals surface area contributed by atoms with Gasteiger partial charge in [-0.2, -0.15) is 0 Å². The van der Waals surface area contributed by atoms with Gasteiger partial charge in [-0.05, 0) is 36.8 Å². The van der Waals surface area contributed by atoms with E-state index < -0.39 is 0 Å². The third-order valence-electron chi connectivity index (χ3n) is 2.42. The normalized spacial score (nSPS) is 12.6. The average Bonchev–Trinajstić information content (AvgIpc) is 2.26. The average molecular weight is 212 g/mol. The number of fused-ring (bicyclic) bond motifs is 2. The maximum atomic E-state index is 3.94. The highest BCUT2D eigenvalue weighted by Crippen LogP contribution is 2.43. The number of nitrogens with one attached hydrogen (secondary N) is 1. The summed E-state index contributed by atoms with van der Waals surface area (Å²) in [6.45, 7) is 3.94. The van der Waals surface area contributed by atoms with Gasteiger partial charge in [0.2, 0.25) is 0 Å². The molecule has 1 heterocycles. The summed E-state index contributed by atoms with van der Waals surface area (Å²) in [6, 6.07) is 14.6. The second kappa shape index (κ2) is 3.31. The van der Waals surface area contributed by atoms with Gasteiger partial charge in [-0.1, -0.05) is 30.0 Å². The fraction of sp³-hybridized carbons (Fsp3) is 0. The predicted molar refractivity (Wildman–Crippen MR) is 64.7 cm³/mol. The Morgan fingerprint density at radius 1 is 0.933 bits per heavy atom. The van der Waals surface area contributed by atoms with Gasteiger partial charge >= 0.3 is 0 Å². The molecule has 1 nitrogen and oxygen atoms in total. The van der Waals surface area contributed by atoms with Crippen LogP contribution in [0.3, 0.4) is 0 Å². The molecule has 1 N–H and O–H groups in total. The first-order valence-corrected chi connectivity index (χ1v) is 5.64. The van der Waals surface area contributed by atoms with Crippen LogP contribution in [-0.2, 0) is 0 Å². The lowest BCUT2D eigenvalue weighted by Crippen LogP contribution is -1.99. The number of para-hydroxylation sites is 1. The molecule has 1 radical (unpaired) electrons. The first-order chi connectivity index (χ1) is 7.33. The summed E-state index contributed by atoms with van der Waals surface area (Å²) in [4.78, 5) is 2.54. The Kier molecular flexibility index (Phi) is 1.96. The topological polar surface area (TPSA) is 12.0 Å². The monoisotopic (exact) mass is 212 g/mol. The molecule has 3 rings (SSSR count). The van der Waals surface area contributed by atoms with Crippen molar-refractivity contribution in [3.63, 3.8) is 0 Å². The molecule has 0 amide bonds. The largest absolute Gasteiger partial charge is 0.354 e. The summed E-state index contributed by atoms with van der Waals surface area (Å²) in [5.74, 6) is 0. The van der Waals surface area contributed by atoms with E-state index in [9.17, 15) is 0 Å². The number of anilines is 2. The van der Waals surface area contributed by atoms with Crippen molar-refractivity contribution in [2.45, 2.75) is 9.79 Å². The second-order valence-electron chi connectivity index (χ2n) is 3.55. The lowest BCUT2D eigenvalue weighted by atomic mass is 10.2. The summed E-state index contributed by atoms with van der Waals surface area (Å²) < 4.78 is 0. The minimum Gasteiger partial charge on any atom is -0.354 e. The van der Waals surface area contributed by atoms with Gasteiger partial charge in [0, 0.05) is 9.79 Å². The molecule has 0 aromatic heterocycles. The third-order valence-corrected chi connectivity index (χ3v) is 3.57. The van der Waals surface area contributed by atoms with Crippen molar-refractivity contribution in [3.8, 4) is 0 Å². The maximum absolute atomic E-state index is 3.94. The number of benzene rings is 2. The summed E-state index contributed by atoms with van der Waals surface area (Å²) in [6.07, 6.45) is 0. The van der Waals surface area contributed by atoms with Gasteiger partial charge in [0.25, 0.3) is 0 Å². The zero-order valence-corrected chi connectivity index (χ0v) is 8.97. The molecule has 0 spiro atoms. The van der Waals surface area contributed by atoms with Crippen molar-refractivity contribution >= 4 is 23.1 Å². The van der Waals surface area contributed by atoms with Crippen LogP contribution in [0.5, 0.6) is 0 Å². The van der Waals surface area contributed by atoms with Crippen LogP contribution < -0.4 is 5.32 Å². The second-order valence-corrected chi connectivity index (χ2v) is 4.64. The predicted octanol–water partition coefficient (Wildman–Crippen LogP) is 4.08. The van der Waals surface area contributed by atoms with Crippen LogP contribution in [0.1, 0.15) is 5.56 Å². The highest BCUT2D eigenvalue weighted by molar-refractivity contribution is 7.99. The zero-order valence-electron chi connectivity index (χ0n) is 8.16. The van der Waals surface area contributed by atoms with Gasteiger partial charge in [0.05, 0.1) is 11.4 Å². The highest BCUT2D eigenvalue weighted by atomic mass is 32.2. The van der Waals surface area contributed by atoms with E-state index >= 15 is 0 Å². The number of rotatable bonds is 0. The fourth-order valence-electron chi connectivity index (χ4n) is 1.69. The molecular formula is C13H10NS. The van der Waals surface area contributed by atoms with Crippen molar-refractivity contribution in [1.29, 1.82) is 0 Å². The molecular weight excluding hydrogens is 202 g/mol. The molecule has 0 atom stereocenters. The van der Waals surface area contributed by atoms with Crippen LogP contribution in [0.25, 0.3) is 0 Å².